The van der Waals surface area contributed by atoms with Crippen LogP contribution in [0.1, 0.15) is 12.5 Å². The van der Waals surface area contributed by atoms with E-state index in [0.717, 1.165) is 11.1 Å². The van der Waals surface area contributed by atoms with Gasteiger partial charge in [-0.3, -0.25) is 0 Å². The molecule has 0 radical (unpaired) electrons. The normalized spacial score (nSPS) is 10.8. The van der Waals surface area contributed by atoms with Gasteiger partial charge in [0, 0.05) is 0 Å². The van der Waals surface area contributed by atoms with E-state index < -0.39 is 0 Å². The summed E-state index contributed by atoms with van der Waals surface area (Å²) in [7, 11) is 0. The van der Waals surface area contributed by atoms with Crippen molar-refractivity contribution in [2.75, 3.05) is 13.2 Å². The molecule has 21 heavy (non-hydrogen) atoms. The summed E-state index contributed by atoms with van der Waals surface area (Å²) in [6.07, 6.45) is 0. The Balaban J connectivity index is 2.09. The van der Waals surface area contributed by atoms with Crippen LogP contribution >= 0.6 is 0 Å². The molecule has 2 heteroatoms. The molecular formula is C19H18OSe. The molecule has 106 valence electrons. The molecule has 0 amide bonds. The zero-order chi connectivity index (χ0) is 14.8. The van der Waals surface area contributed by atoms with Gasteiger partial charge in [-0.25, -0.2) is 0 Å². The first kappa shape index (κ1) is 15.6. The van der Waals surface area contributed by atoms with Gasteiger partial charge in [0.2, 0.25) is 0 Å². The molecule has 0 N–H and O–H groups in total. The molecular weight excluding hydrogens is 323 g/mol. The molecule has 1 nitrogen and oxygen atoms in total. The Morgan fingerprint density at radius 3 is 2.38 bits per heavy atom. The number of hydrogen-bond donors (Lipinski definition) is 0. The van der Waals surface area contributed by atoms with Gasteiger partial charge < -0.3 is 0 Å². The summed E-state index contributed by atoms with van der Waals surface area (Å²) < 4.78 is 6.86. The summed E-state index contributed by atoms with van der Waals surface area (Å²) in [6, 6.07) is 20.5. The van der Waals surface area contributed by atoms with Crippen LogP contribution in [-0.4, -0.2) is 28.2 Å². The molecule has 0 saturated carbocycles. The van der Waals surface area contributed by atoms with Crippen molar-refractivity contribution in [3.63, 3.8) is 0 Å². The summed E-state index contributed by atoms with van der Waals surface area (Å²) >= 11 is 0.291. The van der Waals surface area contributed by atoms with E-state index in [1.807, 2.05) is 43.3 Å². The van der Waals surface area contributed by atoms with Crippen LogP contribution < -0.4 is 4.46 Å². The topological polar surface area (TPSA) is 9.23 Å². The van der Waals surface area contributed by atoms with Crippen molar-refractivity contribution in [3.05, 3.63) is 76.8 Å². The molecule has 0 aliphatic rings. The van der Waals surface area contributed by atoms with Crippen LogP contribution in [0.25, 0.3) is 0 Å². The van der Waals surface area contributed by atoms with Crippen molar-refractivity contribution in [1.82, 2.24) is 0 Å². The van der Waals surface area contributed by atoms with E-state index in [9.17, 15) is 0 Å². The van der Waals surface area contributed by atoms with Crippen LogP contribution in [0.4, 0.5) is 0 Å². The molecule has 0 atom stereocenters. The van der Waals surface area contributed by atoms with Gasteiger partial charge in [-0.2, -0.15) is 0 Å². The molecule has 0 unspecified atom stereocenters. The molecule has 0 aliphatic carbocycles. The second kappa shape index (κ2) is 9.21. The Morgan fingerprint density at radius 2 is 1.71 bits per heavy atom. The predicted molar refractivity (Wildman–Crippen MR) is 89.7 cm³/mol. The number of ether oxygens (including phenoxy) is 1. The Bertz CT molecular complexity index is 621. The Labute approximate surface area is 133 Å². The summed E-state index contributed by atoms with van der Waals surface area (Å²) in [5.74, 6) is 6.44. The van der Waals surface area contributed by atoms with E-state index in [0.29, 0.717) is 28.2 Å². The van der Waals surface area contributed by atoms with Crippen molar-refractivity contribution < 1.29 is 4.74 Å². The minimum absolute atomic E-state index is 0.291. The Hall–Kier alpha value is -1.78. The molecule has 0 aliphatic heterocycles. The fourth-order valence-electron chi connectivity index (χ4n) is 1.62. The van der Waals surface area contributed by atoms with Crippen LogP contribution in [0.2, 0.25) is 0 Å². The number of benzene rings is 2. The van der Waals surface area contributed by atoms with E-state index in [4.69, 9.17) is 4.74 Å². The molecule has 2 aromatic carbocycles. The first-order chi connectivity index (χ1) is 10.4. The molecule has 0 aromatic heterocycles. The SMILES string of the molecule is CCOC/C(C#Cc1ccccc1)=C/[Se]c1ccccc1. The number of hydrogen-bond acceptors (Lipinski definition) is 1. The maximum atomic E-state index is 5.51. The molecule has 0 spiro atoms. The minimum atomic E-state index is 0.291. The Kier molecular flexibility index (Phi) is 6.84. The molecule has 0 saturated heterocycles. The van der Waals surface area contributed by atoms with Gasteiger partial charge >= 0.3 is 133 Å². The summed E-state index contributed by atoms with van der Waals surface area (Å²) in [5, 5.41) is 0. The van der Waals surface area contributed by atoms with E-state index in [2.05, 4.69) is 41.1 Å². The van der Waals surface area contributed by atoms with Gasteiger partial charge in [0.25, 0.3) is 0 Å². The van der Waals surface area contributed by atoms with Crippen molar-refractivity contribution in [2.24, 2.45) is 0 Å². The van der Waals surface area contributed by atoms with Crippen LogP contribution in [0.15, 0.2) is 71.2 Å². The van der Waals surface area contributed by atoms with E-state index in [1.54, 1.807) is 0 Å². The maximum absolute atomic E-state index is 5.51. The zero-order valence-electron chi connectivity index (χ0n) is 12.1. The van der Waals surface area contributed by atoms with Gasteiger partial charge in [0.1, 0.15) is 0 Å². The Morgan fingerprint density at radius 1 is 1.05 bits per heavy atom. The molecule has 2 aromatic rings. The van der Waals surface area contributed by atoms with E-state index in [-0.39, 0.29) is 0 Å². The third-order valence-corrected chi connectivity index (χ3v) is 4.67. The fourth-order valence-corrected chi connectivity index (χ4v) is 3.13. The molecule has 0 bridgehead atoms. The first-order valence-corrected chi connectivity index (χ1v) is 8.78. The molecule has 0 heterocycles. The van der Waals surface area contributed by atoms with Gasteiger partial charge in [-0.1, -0.05) is 0 Å². The molecule has 2 rings (SSSR count). The van der Waals surface area contributed by atoms with Crippen LogP contribution in [0, 0.1) is 11.8 Å². The quantitative estimate of drug-likeness (QED) is 0.600. The summed E-state index contributed by atoms with van der Waals surface area (Å²) in [5.41, 5.74) is 2.09. The van der Waals surface area contributed by atoms with Gasteiger partial charge in [0.15, 0.2) is 0 Å². The summed E-state index contributed by atoms with van der Waals surface area (Å²) in [6.45, 7) is 3.30. The van der Waals surface area contributed by atoms with Gasteiger partial charge in [-0.05, 0) is 0 Å². The zero-order valence-corrected chi connectivity index (χ0v) is 13.8. The average molecular weight is 341 g/mol. The molecule has 0 fully saturated rings. The third-order valence-electron chi connectivity index (χ3n) is 2.68. The van der Waals surface area contributed by atoms with E-state index in [1.165, 1.54) is 4.46 Å². The number of rotatable bonds is 5. The summed E-state index contributed by atoms with van der Waals surface area (Å²) in [4.78, 5) is 2.22. The van der Waals surface area contributed by atoms with Crippen LogP contribution in [-0.2, 0) is 4.74 Å². The fraction of sp³-hybridized carbons (Fsp3) is 0.158. The monoisotopic (exact) mass is 342 g/mol. The van der Waals surface area contributed by atoms with Gasteiger partial charge in [-0.15, -0.1) is 0 Å². The van der Waals surface area contributed by atoms with E-state index >= 15 is 0 Å². The second-order valence-corrected chi connectivity index (χ2v) is 6.31. The van der Waals surface area contributed by atoms with Crippen LogP contribution in [0.5, 0.6) is 0 Å². The van der Waals surface area contributed by atoms with Crippen molar-refractivity contribution in [2.45, 2.75) is 6.92 Å². The average Bonchev–Trinajstić information content (AvgIpc) is 2.56. The first-order valence-electron chi connectivity index (χ1n) is 6.94. The van der Waals surface area contributed by atoms with Crippen molar-refractivity contribution in [3.8, 4) is 11.8 Å². The third kappa shape index (κ3) is 6.02. The van der Waals surface area contributed by atoms with Gasteiger partial charge in [0.05, 0.1) is 0 Å². The van der Waals surface area contributed by atoms with Crippen molar-refractivity contribution in [1.29, 1.82) is 0 Å². The second-order valence-electron chi connectivity index (χ2n) is 4.33. The van der Waals surface area contributed by atoms with Crippen molar-refractivity contribution >= 4 is 19.4 Å². The predicted octanol–water partition coefficient (Wildman–Crippen LogP) is 2.99. The van der Waals surface area contributed by atoms with Crippen LogP contribution in [0.3, 0.4) is 0 Å². The standard InChI is InChI=1S/C19H18OSe/c1-2-20-15-18(14-13-17-9-5-3-6-10-17)16-21-19-11-7-4-8-12-19/h3-12,16H,2,15H2,1H3/b18-16+.